The van der Waals surface area contributed by atoms with Gasteiger partial charge in [0.1, 0.15) is 11.9 Å². The Hall–Kier alpha value is -4.43. The third kappa shape index (κ3) is 6.71. The molecule has 8 nitrogen and oxygen atoms in total. The Morgan fingerprint density at radius 1 is 1.02 bits per heavy atom. The van der Waals surface area contributed by atoms with Crippen molar-refractivity contribution in [3.63, 3.8) is 0 Å². The summed E-state index contributed by atoms with van der Waals surface area (Å²) >= 11 is 0. The first-order valence-corrected chi connectivity index (χ1v) is 18.8. The van der Waals surface area contributed by atoms with Gasteiger partial charge in [-0.05, 0) is 75.8 Å². The Balaban J connectivity index is 1.16. The summed E-state index contributed by atoms with van der Waals surface area (Å²) in [5, 5.41) is 11.4. The van der Waals surface area contributed by atoms with Gasteiger partial charge < -0.3 is 19.5 Å². The molecule has 1 amide bonds. The zero-order chi connectivity index (χ0) is 35.5. The van der Waals surface area contributed by atoms with Crippen LogP contribution in [0, 0.1) is 5.92 Å². The number of ether oxygens (including phenoxy) is 2. The SMILES string of the molecule is C=CCN1CC[C@]23c4c5c(O)cc(OC(C)=O)c4O[C@H]2[C@@H](N(CCCCc2ccccc2)C(=O)CCCCC(=O)c2ccccc2)CC[C@H]3[C@H]1C5. The highest BCUT2D eigenvalue weighted by molar-refractivity contribution is 5.96. The average molecular weight is 691 g/mol. The van der Waals surface area contributed by atoms with Crippen molar-refractivity contribution in [1.29, 1.82) is 0 Å². The Kier molecular flexibility index (Phi) is 10.3. The number of amides is 1. The summed E-state index contributed by atoms with van der Waals surface area (Å²) in [6.07, 6.45) is 9.72. The molecule has 8 heteroatoms. The van der Waals surface area contributed by atoms with Crippen molar-refractivity contribution >= 4 is 17.7 Å². The van der Waals surface area contributed by atoms with Crippen LogP contribution in [0.3, 0.4) is 0 Å². The number of hydrogen-bond acceptors (Lipinski definition) is 7. The quantitative estimate of drug-likeness (QED) is 0.0592. The first-order valence-electron chi connectivity index (χ1n) is 18.8. The number of carbonyl (C=O) groups excluding carboxylic acids is 3. The van der Waals surface area contributed by atoms with Crippen LogP contribution in [-0.4, -0.2) is 70.4 Å². The van der Waals surface area contributed by atoms with Crippen molar-refractivity contribution in [1.82, 2.24) is 9.80 Å². The van der Waals surface area contributed by atoms with Crippen LogP contribution < -0.4 is 9.47 Å². The lowest BCUT2D eigenvalue weighted by Crippen LogP contribution is -2.69. The van der Waals surface area contributed by atoms with Crippen molar-refractivity contribution in [2.24, 2.45) is 5.92 Å². The maximum Gasteiger partial charge on any atom is 0.308 e. The molecule has 1 N–H and O–H groups in total. The Labute approximate surface area is 301 Å². The summed E-state index contributed by atoms with van der Waals surface area (Å²) in [6, 6.07) is 21.4. The molecule has 0 aromatic heterocycles. The Bertz CT molecular complexity index is 1760. The highest BCUT2D eigenvalue weighted by Gasteiger charge is 2.67. The second kappa shape index (κ2) is 15.0. The topological polar surface area (TPSA) is 96.4 Å². The lowest BCUT2D eigenvalue weighted by atomic mass is 9.50. The third-order valence-corrected chi connectivity index (χ3v) is 11.9. The van der Waals surface area contributed by atoms with Crippen LogP contribution in [0.25, 0.3) is 0 Å². The van der Waals surface area contributed by atoms with Crippen molar-refractivity contribution in [2.45, 2.75) is 101 Å². The molecule has 51 heavy (non-hydrogen) atoms. The van der Waals surface area contributed by atoms with E-state index in [1.165, 1.54) is 18.6 Å². The number of aryl methyl sites for hydroxylation is 1. The molecular formula is C43H50N2O6. The van der Waals surface area contributed by atoms with Gasteiger partial charge >= 0.3 is 5.97 Å². The summed E-state index contributed by atoms with van der Waals surface area (Å²) in [6.45, 7) is 7.65. The Morgan fingerprint density at radius 2 is 1.76 bits per heavy atom. The van der Waals surface area contributed by atoms with Crippen LogP contribution in [0.2, 0.25) is 0 Å². The fourth-order valence-electron chi connectivity index (χ4n) is 9.80. The van der Waals surface area contributed by atoms with Crippen LogP contribution in [-0.2, 0) is 27.8 Å². The molecule has 2 bridgehead atoms. The number of Topliss-reactive ketones (excluding diaryl/α,β-unsaturated/α-hetero) is 1. The minimum atomic E-state index is -0.467. The third-order valence-electron chi connectivity index (χ3n) is 11.9. The molecule has 0 unspecified atom stereocenters. The number of likely N-dealkylation sites (tertiary alicyclic amines) is 1. The summed E-state index contributed by atoms with van der Waals surface area (Å²) < 4.78 is 12.7. The number of nitrogens with zero attached hydrogens (tertiary/aromatic N) is 2. The number of phenolic OH excluding ortho intramolecular Hbond substituents is 1. The molecule has 1 saturated heterocycles. The number of piperidine rings is 1. The second-order valence-corrected chi connectivity index (χ2v) is 14.8. The number of benzene rings is 3. The van der Waals surface area contributed by atoms with Crippen LogP contribution >= 0.6 is 0 Å². The highest BCUT2D eigenvalue weighted by Crippen LogP contribution is 2.65. The van der Waals surface area contributed by atoms with Crippen LogP contribution in [0.15, 0.2) is 79.4 Å². The molecule has 268 valence electrons. The van der Waals surface area contributed by atoms with Gasteiger partial charge in [0.25, 0.3) is 0 Å². The first-order chi connectivity index (χ1) is 24.8. The molecule has 7 rings (SSSR count). The molecule has 2 aliphatic carbocycles. The van der Waals surface area contributed by atoms with E-state index < -0.39 is 11.4 Å². The summed E-state index contributed by atoms with van der Waals surface area (Å²) in [7, 11) is 0. The highest BCUT2D eigenvalue weighted by atomic mass is 16.6. The maximum atomic E-state index is 14.4. The smallest absolute Gasteiger partial charge is 0.308 e. The van der Waals surface area contributed by atoms with Gasteiger partial charge in [-0.1, -0.05) is 66.7 Å². The van der Waals surface area contributed by atoms with Gasteiger partial charge in [-0.3, -0.25) is 19.3 Å². The summed E-state index contributed by atoms with van der Waals surface area (Å²) in [4.78, 5) is 44.0. The number of aromatic hydroxyl groups is 1. The van der Waals surface area contributed by atoms with Crippen LogP contribution in [0.1, 0.15) is 91.8 Å². The number of carbonyl (C=O) groups is 3. The molecular weight excluding hydrogens is 640 g/mol. The van der Waals surface area contributed by atoms with Gasteiger partial charge in [-0.2, -0.15) is 0 Å². The van der Waals surface area contributed by atoms with E-state index in [0.29, 0.717) is 50.0 Å². The molecule has 2 heterocycles. The van der Waals surface area contributed by atoms with Crippen LogP contribution in [0.4, 0.5) is 0 Å². The largest absolute Gasteiger partial charge is 0.508 e. The van der Waals surface area contributed by atoms with E-state index >= 15 is 0 Å². The van der Waals surface area contributed by atoms with E-state index in [9.17, 15) is 19.5 Å². The zero-order valence-corrected chi connectivity index (χ0v) is 29.7. The van der Waals surface area contributed by atoms with Gasteiger partial charge in [-0.15, -0.1) is 6.58 Å². The molecule has 2 aliphatic heterocycles. The second-order valence-electron chi connectivity index (χ2n) is 14.8. The van der Waals surface area contributed by atoms with Crippen LogP contribution in [0.5, 0.6) is 17.2 Å². The van der Waals surface area contributed by atoms with Crippen molar-refractivity contribution < 1.29 is 29.0 Å². The molecule has 1 spiro atoms. The molecule has 5 atom stereocenters. The van der Waals surface area contributed by atoms with E-state index in [1.807, 2.05) is 42.5 Å². The average Bonchev–Trinajstić information content (AvgIpc) is 3.48. The normalized spacial score (nSPS) is 24.3. The van der Waals surface area contributed by atoms with Gasteiger partial charge in [0.2, 0.25) is 5.91 Å². The van der Waals surface area contributed by atoms with E-state index in [0.717, 1.165) is 62.7 Å². The number of ketones is 1. The molecule has 0 radical (unpaired) electrons. The minimum absolute atomic E-state index is 0.0982. The minimum Gasteiger partial charge on any atom is -0.508 e. The van der Waals surface area contributed by atoms with Gasteiger partial charge in [-0.25, -0.2) is 0 Å². The monoisotopic (exact) mass is 690 g/mol. The predicted molar refractivity (Wildman–Crippen MR) is 196 cm³/mol. The lowest BCUT2D eigenvalue weighted by Gasteiger charge is -2.60. The van der Waals surface area contributed by atoms with Gasteiger partial charge in [0.05, 0.1) is 6.04 Å². The van der Waals surface area contributed by atoms with Crippen molar-refractivity contribution in [2.75, 3.05) is 19.6 Å². The fraction of sp³-hybridized carbons (Fsp3) is 0.465. The number of rotatable bonds is 15. The molecule has 4 aliphatic rings. The fourth-order valence-corrected chi connectivity index (χ4v) is 9.80. The maximum absolute atomic E-state index is 14.4. The van der Waals surface area contributed by atoms with Gasteiger partial charge in [0.15, 0.2) is 17.3 Å². The number of phenols is 1. The van der Waals surface area contributed by atoms with E-state index in [2.05, 4.69) is 40.6 Å². The summed E-state index contributed by atoms with van der Waals surface area (Å²) in [5.74, 6) is 0.965. The molecule has 3 aromatic rings. The standard InChI is InChI=1S/C43H50N2O6/c1-3-24-44-26-23-43-33-21-22-34(42(43)51-41-38(50-29(2)46)28-37(48)32(40(41)43)27-35(33)44)45(25-13-12-16-30-14-6-4-7-15-30)39(49)20-11-10-19-36(47)31-17-8-5-9-18-31/h3-9,14-15,17-18,28,33-35,42,48H,1,10-13,16,19-27H2,2H3/t33-,34-,35+,42-,43-/m0/s1. The zero-order valence-electron chi connectivity index (χ0n) is 29.7. The summed E-state index contributed by atoms with van der Waals surface area (Å²) in [5.41, 5.74) is 3.46. The number of hydrogen-bond donors (Lipinski definition) is 1. The Morgan fingerprint density at radius 3 is 2.51 bits per heavy atom. The molecule has 1 saturated carbocycles. The molecule has 2 fully saturated rings. The first kappa shape index (κ1) is 35.0. The van der Waals surface area contributed by atoms with E-state index in [1.54, 1.807) is 0 Å². The van der Waals surface area contributed by atoms with E-state index in [-0.39, 0.29) is 47.3 Å². The molecule has 3 aromatic carbocycles. The predicted octanol–water partition coefficient (Wildman–Crippen LogP) is 7.21. The lowest BCUT2D eigenvalue weighted by molar-refractivity contribution is -0.142. The van der Waals surface area contributed by atoms with E-state index in [4.69, 9.17) is 9.47 Å². The van der Waals surface area contributed by atoms with Crippen molar-refractivity contribution in [3.05, 3.63) is 102 Å². The number of unbranched alkanes of at least 4 members (excludes halogenated alkanes) is 2. The van der Waals surface area contributed by atoms with Gasteiger partial charge in [0, 0.05) is 67.1 Å². The van der Waals surface area contributed by atoms with Crippen molar-refractivity contribution in [3.8, 4) is 17.2 Å². The number of esters is 1.